The lowest BCUT2D eigenvalue weighted by Crippen LogP contribution is -2.44. The SMILES string of the molecule is Cc1ccccc1C(=O)N1CCC(C(=O)N2CCc3ccccc32)CC1. The zero-order chi connectivity index (χ0) is 18.1. The molecule has 0 radical (unpaired) electrons. The van der Waals surface area contributed by atoms with E-state index in [0.29, 0.717) is 13.1 Å². The maximum Gasteiger partial charge on any atom is 0.254 e. The normalized spacial score (nSPS) is 17.3. The van der Waals surface area contributed by atoms with Crippen LogP contribution < -0.4 is 4.90 Å². The lowest BCUT2D eigenvalue weighted by Gasteiger charge is -2.33. The fourth-order valence-electron chi connectivity index (χ4n) is 4.10. The van der Waals surface area contributed by atoms with Gasteiger partial charge in [-0.15, -0.1) is 0 Å². The standard InChI is InChI=1S/C22H24N2O2/c1-16-6-2-4-8-19(16)22(26)23-13-10-18(11-14-23)21(25)24-15-12-17-7-3-5-9-20(17)24/h2-9,18H,10-15H2,1H3. The predicted octanol–water partition coefficient (Wildman–Crippen LogP) is 3.44. The third-order valence-corrected chi connectivity index (χ3v) is 5.66. The average molecular weight is 348 g/mol. The first-order valence-corrected chi connectivity index (χ1v) is 9.39. The Morgan fingerprint density at radius 2 is 1.62 bits per heavy atom. The molecule has 0 aliphatic carbocycles. The number of amides is 2. The van der Waals surface area contributed by atoms with Crippen molar-refractivity contribution in [3.63, 3.8) is 0 Å². The largest absolute Gasteiger partial charge is 0.339 e. The van der Waals surface area contributed by atoms with Crippen molar-refractivity contribution in [1.82, 2.24) is 4.90 Å². The number of carbonyl (C=O) groups excluding carboxylic acids is 2. The summed E-state index contributed by atoms with van der Waals surface area (Å²) in [5, 5.41) is 0. The molecule has 2 aliphatic rings. The third-order valence-electron chi connectivity index (χ3n) is 5.66. The molecule has 1 saturated heterocycles. The second-order valence-electron chi connectivity index (χ2n) is 7.25. The molecule has 0 saturated carbocycles. The van der Waals surface area contributed by atoms with E-state index in [2.05, 4.69) is 6.07 Å². The number of hydrogen-bond donors (Lipinski definition) is 0. The summed E-state index contributed by atoms with van der Waals surface area (Å²) in [6.07, 6.45) is 2.43. The number of hydrogen-bond acceptors (Lipinski definition) is 2. The molecule has 134 valence electrons. The molecule has 0 spiro atoms. The van der Waals surface area contributed by atoms with Gasteiger partial charge in [-0.3, -0.25) is 9.59 Å². The molecule has 4 heteroatoms. The van der Waals surface area contributed by atoms with Crippen molar-refractivity contribution in [2.24, 2.45) is 5.92 Å². The second kappa shape index (κ2) is 6.94. The zero-order valence-electron chi connectivity index (χ0n) is 15.1. The van der Waals surface area contributed by atoms with Crippen molar-refractivity contribution in [3.8, 4) is 0 Å². The summed E-state index contributed by atoms with van der Waals surface area (Å²) in [7, 11) is 0. The fourth-order valence-corrected chi connectivity index (χ4v) is 4.10. The van der Waals surface area contributed by atoms with Gasteiger partial charge in [-0.05, 0) is 49.4 Å². The Morgan fingerprint density at radius 1 is 0.923 bits per heavy atom. The van der Waals surface area contributed by atoms with E-state index in [9.17, 15) is 9.59 Å². The molecule has 2 aromatic rings. The highest BCUT2D eigenvalue weighted by Crippen LogP contribution is 2.31. The second-order valence-corrected chi connectivity index (χ2v) is 7.25. The Hall–Kier alpha value is -2.62. The number of carbonyl (C=O) groups is 2. The number of likely N-dealkylation sites (tertiary alicyclic amines) is 1. The summed E-state index contributed by atoms with van der Waals surface area (Å²) in [5.41, 5.74) is 4.10. The molecule has 0 aromatic heterocycles. The number of benzene rings is 2. The summed E-state index contributed by atoms with van der Waals surface area (Å²) in [6, 6.07) is 15.9. The lowest BCUT2D eigenvalue weighted by molar-refractivity contribution is -0.123. The van der Waals surface area contributed by atoms with Crippen molar-refractivity contribution >= 4 is 17.5 Å². The number of nitrogens with zero attached hydrogens (tertiary/aromatic N) is 2. The highest BCUT2D eigenvalue weighted by Gasteiger charge is 2.33. The number of aryl methyl sites for hydroxylation is 1. The van der Waals surface area contributed by atoms with Gasteiger partial charge in [-0.2, -0.15) is 0 Å². The van der Waals surface area contributed by atoms with Gasteiger partial charge in [0.2, 0.25) is 5.91 Å². The maximum atomic E-state index is 13.0. The van der Waals surface area contributed by atoms with Crippen LogP contribution in [-0.2, 0) is 11.2 Å². The van der Waals surface area contributed by atoms with Crippen LogP contribution in [0.25, 0.3) is 0 Å². The first-order chi connectivity index (χ1) is 12.6. The molecule has 0 N–H and O–H groups in total. The highest BCUT2D eigenvalue weighted by atomic mass is 16.2. The van der Waals surface area contributed by atoms with E-state index in [4.69, 9.17) is 0 Å². The van der Waals surface area contributed by atoms with Crippen LogP contribution in [0.15, 0.2) is 48.5 Å². The van der Waals surface area contributed by atoms with E-state index in [-0.39, 0.29) is 17.7 Å². The van der Waals surface area contributed by atoms with Gasteiger partial charge in [0.15, 0.2) is 0 Å². The van der Waals surface area contributed by atoms with Crippen molar-refractivity contribution in [2.45, 2.75) is 26.2 Å². The summed E-state index contributed by atoms with van der Waals surface area (Å²) < 4.78 is 0. The molecule has 0 atom stereocenters. The van der Waals surface area contributed by atoms with Crippen LogP contribution in [-0.4, -0.2) is 36.3 Å². The smallest absolute Gasteiger partial charge is 0.254 e. The van der Waals surface area contributed by atoms with Gasteiger partial charge >= 0.3 is 0 Å². The minimum Gasteiger partial charge on any atom is -0.339 e. The minimum atomic E-state index is 0.0158. The molecule has 0 bridgehead atoms. The van der Waals surface area contributed by atoms with E-state index < -0.39 is 0 Å². The van der Waals surface area contributed by atoms with Crippen molar-refractivity contribution < 1.29 is 9.59 Å². The molecule has 2 amide bonds. The summed E-state index contributed by atoms with van der Waals surface area (Å²) >= 11 is 0. The van der Waals surface area contributed by atoms with E-state index in [1.807, 2.05) is 59.2 Å². The van der Waals surface area contributed by atoms with Gasteiger partial charge < -0.3 is 9.80 Å². The van der Waals surface area contributed by atoms with E-state index in [0.717, 1.165) is 42.6 Å². The number of rotatable bonds is 2. The molecule has 0 unspecified atom stereocenters. The van der Waals surface area contributed by atoms with Crippen molar-refractivity contribution in [3.05, 3.63) is 65.2 Å². The first kappa shape index (κ1) is 16.8. The Labute approximate surface area is 154 Å². The number of piperidine rings is 1. The van der Waals surface area contributed by atoms with Crippen LogP contribution in [0, 0.1) is 12.8 Å². The zero-order valence-corrected chi connectivity index (χ0v) is 15.1. The quantitative estimate of drug-likeness (QED) is 0.834. The molecule has 26 heavy (non-hydrogen) atoms. The monoisotopic (exact) mass is 348 g/mol. The molecule has 1 fully saturated rings. The Balaban J connectivity index is 1.40. The van der Waals surface area contributed by atoms with Gasteiger partial charge in [0, 0.05) is 36.8 Å². The molecule has 4 rings (SSSR count). The summed E-state index contributed by atoms with van der Waals surface area (Å²) in [6.45, 7) is 4.05. The number of para-hydroxylation sites is 1. The third kappa shape index (κ3) is 3.00. The number of anilines is 1. The van der Waals surface area contributed by atoms with Gasteiger partial charge in [-0.1, -0.05) is 36.4 Å². The van der Waals surface area contributed by atoms with Gasteiger partial charge in [0.1, 0.15) is 0 Å². The van der Waals surface area contributed by atoms with Crippen LogP contribution in [0.1, 0.15) is 34.3 Å². The van der Waals surface area contributed by atoms with Crippen LogP contribution in [0.2, 0.25) is 0 Å². The fraction of sp³-hybridized carbons (Fsp3) is 0.364. The predicted molar refractivity (Wildman–Crippen MR) is 102 cm³/mol. The Kier molecular flexibility index (Phi) is 4.49. The average Bonchev–Trinajstić information content (AvgIpc) is 3.11. The molecular weight excluding hydrogens is 324 g/mol. The van der Waals surface area contributed by atoms with Crippen LogP contribution in [0.5, 0.6) is 0 Å². The van der Waals surface area contributed by atoms with Gasteiger partial charge in [0.25, 0.3) is 5.91 Å². The highest BCUT2D eigenvalue weighted by molar-refractivity contribution is 5.98. The molecule has 2 aliphatic heterocycles. The molecular formula is C22H24N2O2. The molecule has 2 heterocycles. The summed E-state index contributed by atoms with van der Waals surface area (Å²) in [4.78, 5) is 29.6. The maximum absolute atomic E-state index is 13.0. The van der Waals surface area contributed by atoms with E-state index in [1.54, 1.807) is 0 Å². The van der Waals surface area contributed by atoms with Crippen LogP contribution >= 0.6 is 0 Å². The molecule has 2 aromatic carbocycles. The number of fused-ring (bicyclic) bond motifs is 1. The Bertz CT molecular complexity index is 838. The molecule has 4 nitrogen and oxygen atoms in total. The first-order valence-electron chi connectivity index (χ1n) is 9.39. The lowest BCUT2D eigenvalue weighted by atomic mass is 9.94. The van der Waals surface area contributed by atoms with E-state index in [1.165, 1.54) is 5.56 Å². The minimum absolute atomic E-state index is 0.0158. The van der Waals surface area contributed by atoms with Gasteiger partial charge in [0.05, 0.1) is 0 Å². The van der Waals surface area contributed by atoms with Crippen molar-refractivity contribution in [2.75, 3.05) is 24.5 Å². The summed E-state index contributed by atoms with van der Waals surface area (Å²) in [5.74, 6) is 0.320. The topological polar surface area (TPSA) is 40.6 Å². The van der Waals surface area contributed by atoms with Crippen molar-refractivity contribution in [1.29, 1.82) is 0 Å². The van der Waals surface area contributed by atoms with Crippen LogP contribution in [0.4, 0.5) is 5.69 Å². The Morgan fingerprint density at radius 3 is 2.38 bits per heavy atom. The van der Waals surface area contributed by atoms with Crippen LogP contribution in [0.3, 0.4) is 0 Å². The van der Waals surface area contributed by atoms with E-state index >= 15 is 0 Å². The van der Waals surface area contributed by atoms with Gasteiger partial charge in [-0.25, -0.2) is 0 Å².